The molecule has 1 N–H and O–H groups in total. The minimum absolute atomic E-state index is 0.114. The molecule has 0 saturated heterocycles. The Morgan fingerprint density at radius 1 is 0.969 bits per heavy atom. The van der Waals surface area contributed by atoms with E-state index in [4.69, 9.17) is 14.2 Å². The Hall–Kier alpha value is -3.74. The number of nitrogens with zero attached hydrogens (tertiary/aromatic N) is 1. The first-order valence-corrected chi connectivity index (χ1v) is 10.3. The molecule has 2 aromatic rings. The maximum Gasteiger partial charge on any atom is 0.278 e. The van der Waals surface area contributed by atoms with E-state index in [1.165, 1.54) is 6.08 Å². The van der Waals surface area contributed by atoms with Crippen LogP contribution in [0.25, 0.3) is 5.57 Å². The molecule has 0 spiro atoms. The SMILES string of the molecule is C=CCN1C(=O)C(Nc2cc(OC)cc(OC)c2)=C(c2ccc(OCC(C)C)cc2)C1=O. The Morgan fingerprint density at radius 2 is 1.59 bits per heavy atom. The first kappa shape index (κ1) is 22.9. The third-order valence-corrected chi connectivity index (χ3v) is 4.83. The number of hydrogen-bond donors (Lipinski definition) is 1. The van der Waals surface area contributed by atoms with Crippen LogP contribution in [0.2, 0.25) is 0 Å². The van der Waals surface area contributed by atoms with Crippen molar-refractivity contribution in [2.75, 3.05) is 32.7 Å². The van der Waals surface area contributed by atoms with Gasteiger partial charge < -0.3 is 19.5 Å². The zero-order valence-electron chi connectivity index (χ0n) is 18.8. The van der Waals surface area contributed by atoms with E-state index in [-0.39, 0.29) is 23.7 Å². The van der Waals surface area contributed by atoms with Crippen molar-refractivity contribution in [1.82, 2.24) is 4.90 Å². The second-order valence-electron chi connectivity index (χ2n) is 7.72. The van der Waals surface area contributed by atoms with Crippen molar-refractivity contribution >= 4 is 23.1 Å². The number of rotatable bonds is 10. The summed E-state index contributed by atoms with van der Waals surface area (Å²) in [6, 6.07) is 12.3. The number of amides is 2. The normalized spacial score (nSPS) is 13.6. The lowest BCUT2D eigenvalue weighted by Gasteiger charge is -2.13. The Bertz CT molecular complexity index is 1020. The van der Waals surface area contributed by atoms with Crippen LogP contribution in [0.15, 0.2) is 60.8 Å². The van der Waals surface area contributed by atoms with Crippen LogP contribution in [0, 0.1) is 5.92 Å². The molecule has 7 heteroatoms. The molecule has 0 unspecified atom stereocenters. The van der Waals surface area contributed by atoms with Crippen molar-refractivity contribution in [1.29, 1.82) is 0 Å². The predicted octanol–water partition coefficient (Wildman–Crippen LogP) is 4.12. The van der Waals surface area contributed by atoms with Crippen LogP contribution in [0.4, 0.5) is 5.69 Å². The lowest BCUT2D eigenvalue weighted by Crippen LogP contribution is -2.32. The molecular formula is C25H28N2O5. The quantitative estimate of drug-likeness (QED) is 0.446. The number of ether oxygens (including phenoxy) is 3. The summed E-state index contributed by atoms with van der Waals surface area (Å²) < 4.78 is 16.3. The maximum atomic E-state index is 13.1. The Labute approximate surface area is 188 Å². The van der Waals surface area contributed by atoms with Gasteiger partial charge in [-0.25, -0.2) is 0 Å². The first-order valence-electron chi connectivity index (χ1n) is 10.3. The number of anilines is 1. The lowest BCUT2D eigenvalue weighted by atomic mass is 10.0. The van der Waals surface area contributed by atoms with Gasteiger partial charge in [0, 0.05) is 30.4 Å². The molecule has 32 heavy (non-hydrogen) atoms. The fraction of sp³-hybridized carbons (Fsp3) is 0.280. The monoisotopic (exact) mass is 436 g/mol. The molecule has 0 radical (unpaired) electrons. The highest BCUT2D eigenvalue weighted by Gasteiger charge is 2.38. The van der Waals surface area contributed by atoms with Gasteiger partial charge in [-0.1, -0.05) is 32.1 Å². The van der Waals surface area contributed by atoms with Crippen LogP contribution in [-0.4, -0.2) is 44.1 Å². The number of carbonyl (C=O) groups excluding carboxylic acids is 2. The van der Waals surface area contributed by atoms with Crippen LogP contribution < -0.4 is 19.5 Å². The van der Waals surface area contributed by atoms with Gasteiger partial charge in [0.1, 0.15) is 22.9 Å². The molecule has 3 rings (SSSR count). The van der Waals surface area contributed by atoms with Crippen LogP contribution in [-0.2, 0) is 9.59 Å². The van der Waals surface area contributed by atoms with Crippen LogP contribution >= 0.6 is 0 Å². The summed E-state index contributed by atoms with van der Waals surface area (Å²) in [4.78, 5) is 27.4. The second kappa shape index (κ2) is 10.0. The highest BCUT2D eigenvalue weighted by atomic mass is 16.5. The fourth-order valence-electron chi connectivity index (χ4n) is 3.26. The van der Waals surface area contributed by atoms with Gasteiger partial charge in [0.25, 0.3) is 11.8 Å². The van der Waals surface area contributed by atoms with Crippen molar-refractivity contribution in [3.05, 3.63) is 66.4 Å². The topological polar surface area (TPSA) is 77.1 Å². The predicted molar refractivity (Wildman–Crippen MR) is 124 cm³/mol. The van der Waals surface area contributed by atoms with Gasteiger partial charge in [-0.15, -0.1) is 6.58 Å². The van der Waals surface area contributed by atoms with Crippen molar-refractivity contribution in [2.24, 2.45) is 5.92 Å². The van der Waals surface area contributed by atoms with Crippen molar-refractivity contribution in [3.8, 4) is 17.2 Å². The third-order valence-electron chi connectivity index (χ3n) is 4.83. The van der Waals surface area contributed by atoms with E-state index in [2.05, 4.69) is 25.7 Å². The summed E-state index contributed by atoms with van der Waals surface area (Å²) in [5.74, 6) is 1.40. The van der Waals surface area contributed by atoms with Gasteiger partial charge in [0.15, 0.2) is 0 Å². The molecule has 0 atom stereocenters. The molecule has 0 saturated carbocycles. The number of methoxy groups -OCH3 is 2. The van der Waals surface area contributed by atoms with Gasteiger partial charge in [-0.05, 0) is 23.6 Å². The molecule has 0 aliphatic carbocycles. The Morgan fingerprint density at radius 3 is 2.12 bits per heavy atom. The van der Waals surface area contributed by atoms with E-state index in [0.717, 1.165) is 4.90 Å². The number of carbonyl (C=O) groups is 2. The van der Waals surface area contributed by atoms with E-state index >= 15 is 0 Å². The molecule has 0 bridgehead atoms. The van der Waals surface area contributed by atoms with Crippen LogP contribution in [0.3, 0.4) is 0 Å². The van der Waals surface area contributed by atoms with Gasteiger partial charge in [0.2, 0.25) is 0 Å². The summed E-state index contributed by atoms with van der Waals surface area (Å²) in [5, 5.41) is 3.10. The highest BCUT2D eigenvalue weighted by Crippen LogP contribution is 2.33. The smallest absolute Gasteiger partial charge is 0.278 e. The molecule has 2 aromatic carbocycles. The van der Waals surface area contributed by atoms with E-state index in [1.54, 1.807) is 56.7 Å². The molecule has 0 fully saturated rings. The average molecular weight is 437 g/mol. The van der Waals surface area contributed by atoms with Gasteiger partial charge in [-0.2, -0.15) is 0 Å². The zero-order chi connectivity index (χ0) is 23.3. The number of imide groups is 1. The minimum Gasteiger partial charge on any atom is -0.497 e. The zero-order valence-corrected chi connectivity index (χ0v) is 18.8. The molecule has 168 valence electrons. The standard InChI is InChI=1S/C25H28N2O5/c1-6-11-27-24(28)22(17-7-9-19(10-8-17)32-15-16(2)3)23(25(27)29)26-18-12-20(30-4)14-21(13-18)31-5/h6-10,12-14,16,26H,1,11,15H2,2-5H3. The third kappa shape index (κ3) is 4.94. The molecule has 2 amide bonds. The van der Waals surface area contributed by atoms with E-state index in [9.17, 15) is 9.59 Å². The molecule has 7 nitrogen and oxygen atoms in total. The van der Waals surface area contributed by atoms with Crippen molar-refractivity contribution in [3.63, 3.8) is 0 Å². The summed E-state index contributed by atoms with van der Waals surface area (Å²) in [5.41, 5.74) is 1.65. The first-order chi connectivity index (χ1) is 15.4. The maximum absolute atomic E-state index is 13.1. The second-order valence-corrected chi connectivity index (χ2v) is 7.72. The molecule has 1 aliphatic heterocycles. The van der Waals surface area contributed by atoms with Crippen LogP contribution in [0.5, 0.6) is 17.2 Å². The summed E-state index contributed by atoms with van der Waals surface area (Å²) >= 11 is 0. The lowest BCUT2D eigenvalue weighted by molar-refractivity contribution is -0.136. The Kier molecular flexibility index (Phi) is 7.20. The molecular weight excluding hydrogens is 408 g/mol. The van der Waals surface area contributed by atoms with E-state index in [1.807, 2.05) is 0 Å². The van der Waals surface area contributed by atoms with Crippen molar-refractivity contribution in [2.45, 2.75) is 13.8 Å². The summed E-state index contributed by atoms with van der Waals surface area (Å²) in [6.45, 7) is 8.51. The Balaban J connectivity index is 2.01. The summed E-state index contributed by atoms with van der Waals surface area (Å²) in [6.07, 6.45) is 1.52. The largest absolute Gasteiger partial charge is 0.497 e. The minimum atomic E-state index is -0.424. The van der Waals surface area contributed by atoms with E-state index in [0.29, 0.717) is 41.0 Å². The molecule has 1 heterocycles. The van der Waals surface area contributed by atoms with E-state index < -0.39 is 5.91 Å². The molecule has 1 aliphatic rings. The summed E-state index contributed by atoms with van der Waals surface area (Å²) in [7, 11) is 3.09. The fourth-order valence-corrected chi connectivity index (χ4v) is 3.26. The number of nitrogens with one attached hydrogen (secondary N) is 1. The van der Waals surface area contributed by atoms with Gasteiger partial charge >= 0.3 is 0 Å². The number of hydrogen-bond acceptors (Lipinski definition) is 6. The molecule has 0 aromatic heterocycles. The van der Waals surface area contributed by atoms with Crippen molar-refractivity contribution < 1.29 is 23.8 Å². The average Bonchev–Trinajstić information content (AvgIpc) is 3.02. The van der Waals surface area contributed by atoms with Gasteiger partial charge in [0.05, 0.1) is 26.4 Å². The highest BCUT2D eigenvalue weighted by molar-refractivity contribution is 6.36. The van der Waals surface area contributed by atoms with Crippen LogP contribution in [0.1, 0.15) is 19.4 Å². The number of benzene rings is 2. The van der Waals surface area contributed by atoms with Gasteiger partial charge in [-0.3, -0.25) is 14.5 Å².